The van der Waals surface area contributed by atoms with Crippen LogP contribution in [0.3, 0.4) is 0 Å². The Morgan fingerprint density at radius 2 is 2.32 bits per heavy atom. The number of nitrogens with two attached hydrogens (primary N) is 1. The number of hydrogen-bond donors (Lipinski definition) is 1. The minimum absolute atomic E-state index is 0.117. The summed E-state index contributed by atoms with van der Waals surface area (Å²) in [6, 6.07) is 1.59. The summed E-state index contributed by atoms with van der Waals surface area (Å²) in [5.74, 6) is 0.172. The van der Waals surface area contributed by atoms with Gasteiger partial charge in [0.15, 0.2) is 0 Å². The molecule has 0 aliphatic rings. The molecule has 19 heavy (non-hydrogen) atoms. The highest BCUT2D eigenvalue weighted by Crippen LogP contribution is 2.16. The molecule has 0 fully saturated rings. The predicted octanol–water partition coefficient (Wildman–Crippen LogP) is 0.430. The molecule has 0 aromatic carbocycles. The normalized spacial score (nSPS) is 10.2. The maximum Gasteiger partial charge on any atom is 0.343 e. The van der Waals surface area contributed by atoms with E-state index in [-0.39, 0.29) is 23.9 Å². The van der Waals surface area contributed by atoms with E-state index in [2.05, 4.69) is 15.1 Å². The van der Waals surface area contributed by atoms with Crippen molar-refractivity contribution in [3.63, 3.8) is 0 Å². The summed E-state index contributed by atoms with van der Waals surface area (Å²) in [6.07, 6.45) is 2.82. The molecule has 8 heteroatoms. The van der Waals surface area contributed by atoms with Gasteiger partial charge in [0.05, 0.1) is 19.9 Å². The first-order chi connectivity index (χ1) is 9.17. The molecule has 0 spiro atoms. The van der Waals surface area contributed by atoms with Crippen LogP contribution >= 0.6 is 0 Å². The van der Waals surface area contributed by atoms with Crippen LogP contribution in [0, 0.1) is 0 Å². The van der Waals surface area contributed by atoms with Crippen LogP contribution in [0.1, 0.15) is 17.3 Å². The van der Waals surface area contributed by atoms with E-state index in [9.17, 15) is 4.79 Å². The molecule has 2 rings (SSSR count). The van der Waals surface area contributed by atoms with Crippen LogP contribution in [-0.4, -0.2) is 39.4 Å². The van der Waals surface area contributed by atoms with Gasteiger partial charge >= 0.3 is 5.97 Å². The first-order valence-electron chi connectivity index (χ1n) is 5.55. The van der Waals surface area contributed by atoms with E-state index in [1.807, 2.05) is 0 Å². The van der Waals surface area contributed by atoms with Crippen molar-refractivity contribution in [1.82, 2.24) is 19.7 Å². The van der Waals surface area contributed by atoms with Gasteiger partial charge in [-0.1, -0.05) is 0 Å². The summed E-state index contributed by atoms with van der Waals surface area (Å²) >= 11 is 0. The number of carbonyl (C=O) groups excluding carboxylic acids is 1. The molecule has 0 bridgehead atoms. The molecule has 0 atom stereocenters. The number of methoxy groups -OCH3 is 1. The second-order valence-corrected chi connectivity index (χ2v) is 3.47. The van der Waals surface area contributed by atoms with Crippen molar-refractivity contribution in [3.05, 3.63) is 24.0 Å². The zero-order valence-electron chi connectivity index (χ0n) is 10.5. The molecule has 2 aromatic rings. The number of hydrogen-bond acceptors (Lipinski definition) is 7. The highest BCUT2D eigenvalue weighted by Gasteiger charge is 2.18. The zero-order chi connectivity index (χ0) is 13.8. The Morgan fingerprint density at radius 1 is 1.53 bits per heavy atom. The lowest BCUT2D eigenvalue weighted by Crippen LogP contribution is -2.10. The van der Waals surface area contributed by atoms with Crippen LogP contribution in [0.5, 0.6) is 5.88 Å². The second-order valence-electron chi connectivity index (χ2n) is 3.47. The standard InChI is InChI=1S/C11H13N5O3/c1-3-19-10(17)7-6-14-16(9(7)12)11-13-5-4-8(15-11)18-2/h4-6H,3,12H2,1-2H3. The maximum atomic E-state index is 11.6. The smallest absolute Gasteiger partial charge is 0.343 e. The quantitative estimate of drug-likeness (QED) is 0.797. The van der Waals surface area contributed by atoms with E-state index in [4.69, 9.17) is 15.2 Å². The average Bonchev–Trinajstić information content (AvgIpc) is 2.81. The Bertz CT molecular complexity index is 596. The molecule has 2 aromatic heterocycles. The molecule has 0 saturated carbocycles. The summed E-state index contributed by atoms with van der Waals surface area (Å²) in [6.45, 7) is 1.97. The van der Waals surface area contributed by atoms with Crippen LogP contribution in [0.25, 0.3) is 5.95 Å². The molecule has 100 valence electrons. The van der Waals surface area contributed by atoms with Crippen LogP contribution in [0.4, 0.5) is 5.82 Å². The van der Waals surface area contributed by atoms with Gasteiger partial charge < -0.3 is 15.2 Å². The molecular weight excluding hydrogens is 250 g/mol. The zero-order valence-corrected chi connectivity index (χ0v) is 10.5. The summed E-state index contributed by atoms with van der Waals surface area (Å²) in [4.78, 5) is 19.7. The Hall–Kier alpha value is -2.64. The van der Waals surface area contributed by atoms with E-state index < -0.39 is 5.97 Å². The lowest BCUT2D eigenvalue weighted by Gasteiger charge is -2.04. The average molecular weight is 263 g/mol. The Labute approximate surface area is 109 Å². The van der Waals surface area contributed by atoms with E-state index in [1.54, 1.807) is 13.0 Å². The molecule has 0 radical (unpaired) electrons. The number of nitrogen functional groups attached to an aromatic ring is 1. The Kier molecular flexibility index (Phi) is 3.60. The van der Waals surface area contributed by atoms with Gasteiger partial charge in [0.2, 0.25) is 5.88 Å². The molecule has 0 saturated heterocycles. The van der Waals surface area contributed by atoms with Crippen molar-refractivity contribution >= 4 is 11.8 Å². The van der Waals surface area contributed by atoms with Gasteiger partial charge in [-0.2, -0.15) is 14.8 Å². The largest absolute Gasteiger partial charge is 0.481 e. The fraction of sp³-hybridized carbons (Fsp3) is 0.273. The van der Waals surface area contributed by atoms with Crippen molar-refractivity contribution in [2.24, 2.45) is 0 Å². The third-order valence-corrected chi connectivity index (χ3v) is 2.32. The monoisotopic (exact) mass is 263 g/mol. The van der Waals surface area contributed by atoms with E-state index in [1.165, 1.54) is 24.2 Å². The van der Waals surface area contributed by atoms with Crippen molar-refractivity contribution in [2.45, 2.75) is 6.92 Å². The number of ether oxygens (including phenoxy) is 2. The molecule has 0 amide bonds. The number of nitrogens with zero attached hydrogens (tertiary/aromatic N) is 4. The molecule has 0 unspecified atom stereocenters. The number of anilines is 1. The molecule has 2 heterocycles. The Morgan fingerprint density at radius 3 is 3.00 bits per heavy atom. The summed E-state index contributed by atoms with van der Waals surface area (Å²) in [5.41, 5.74) is 6.01. The van der Waals surface area contributed by atoms with Crippen molar-refractivity contribution < 1.29 is 14.3 Å². The highest BCUT2D eigenvalue weighted by molar-refractivity contribution is 5.94. The molecule has 0 aliphatic heterocycles. The van der Waals surface area contributed by atoms with Gasteiger partial charge in [-0.15, -0.1) is 0 Å². The number of rotatable bonds is 4. The fourth-order valence-electron chi connectivity index (χ4n) is 1.43. The predicted molar refractivity (Wildman–Crippen MR) is 66.1 cm³/mol. The molecule has 0 aliphatic carbocycles. The van der Waals surface area contributed by atoms with E-state index in [0.29, 0.717) is 5.88 Å². The first kappa shape index (κ1) is 12.8. The number of esters is 1. The molecule has 8 nitrogen and oxygen atoms in total. The minimum Gasteiger partial charge on any atom is -0.481 e. The van der Waals surface area contributed by atoms with Crippen LogP contribution in [-0.2, 0) is 4.74 Å². The number of aromatic nitrogens is 4. The maximum absolute atomic E-state index is 11.6. The van der Waals surface area contributed by atoms with Gasteiger partial charge in [0.1, 0.15) is 11.4 Å². The fourth-order valence-corrected chi connectivity index (χ4v) is 1.43. The topological polar surface area (TPSA) is 105 Å². The first-order valence-corrected chi connectivity index (χ1v) is 5.55. The molecule has 2 N–H and O–H groups in total. The Balaban J connectivity index is 2.38. The van der Waals surface area contributed by atoms with E-state index >= 15 is 0 Å². The lowest BCUT2D eigenvalue weighted by molar-refractivity contribution is 0.0527. The van der Waals surface area contributed by atoms with Gasteiger partial charge in [-0.3, -0.25) is 0 Å². The second kappa shape index (κ2) is 5.34. The summed E-state index contributed by atoms with van der Waals surface area (Å²) < 4.78 is 11.1. The van der Waals surface area contributed by atoms with E-state index in [0.717, 1.165) is 0 Å². The van der Waals surface area contributed by atoms with Crippen LogP contribution in [0.15, 0.2) is 18.5 Å². The lowest BCUT2D eigenvalue weighted by atomic mass is 10.3. The third-order valence-electron chi connectivity index (χ3n) is 2.32. The summed E-state index contributed by atoms with van der Waals surface area (Å²) in [5, 5.41) is 3.97. The van der Waals surface area contributed by atoms with Crippen molar-refractivity contribution in [2.75, 3.05) is 19.5 Å². The van der Waals surface area contributed by atoms with Gasteiger partial charge in [0, 0.05) is 12.3 Å². The summed E-state index contributed by atoms with van der Waals surface area (Å²) in [7, 11) is 1.49. The van der Waals surface area contributed by atoms with Crippen LogP contribution < -0.4 is 10.5 Å². The van der Waals surface area contributed by atoms with Gasteiger partial charge in [0.25, 0.3) is 5.95 Å². The third kappa shape index (κ3) is 2.46. The van der Waals surface area contributed by atoms with Crippen LogP contribution in [0.2, 0.25) is 0 Å². The van der Waals surface area contributed by atoms with Gasteiger partial charge in [-0.05, 0) is 6.92 Å². The highest BCUT2D eigenvalue weighted by atomic mass is 16.5. The molecular formula is C11H13N5O3. The van der Waals surface area contributed by atoms with Gasteiger partial charge in [-0.25, -0.2) is 9.78 Å². The van der Waals surface area contributed by atoms with Crippen molar-refractivity contribution in [1.29, 1.82) is 0 Å². The SMILES string of the molecule is CCOC(=O)c1cnn(-c2nccc(OC)n2)c1N. The van der Waals surface area contributed by atoms with Crippen molar-refractivity contribution in [3.8, 4) is 11.8 Å². The minimum atomic E-state index is -0.533. The number of carbonyl (C=O) groups is 1.